The molecular formula is C14H19N3O2S. The number of unbranched alkanes of at least 4 members (excludes halogenated alkanes) is 1. The lowest BCUT2D eigenvalue weighted by atomic mass is 10.2. The van der Waals surface area contributed by atoms with Gasteiger partial charge in [-0.15, -0.1) is 11.8 Å². The van der Waals surface area contributed by atoms with Crippen molar-refractivity contribution in [2.45, 2.75) is 24.7 Å². The van der Waals surface area contributed by atoms with Crippen molar-refractivity contribution in [3.8, 4) is 0 Å². The van der Waals surface area contributed by atoms with Crippen LogP contribution in [0.15, 0.2) is 34.3 Å². The van der Waals surface area contributed by atoms with Crippen molar-refractivity contribution >= 4 is 29.8 Å². The molecule has 0 saturated carbocycles. The van der Waals surface area contributed by atoms with Crippen LogP contribution in [-0.4, -0.2) is 30.8 Å². The molecule has 2 amide bonds. The Hall–Kier alpha value is -1.82. The zero-order valence-electron chi connectivity index (χ0n) is 11.7. The van der Waals surface area contributed by atoms with E-state index in [4.69, 9.17) is 0 Å². The molecular weight excluding hydrogens is 274 g/mol. The van der Waals surface area contributed by atoms with E-state index < -0.39 is 11.8 Å². The lowest BCUT2D eigenvalue weighted by Gasteiger charge is -2.02. The smallest absolute Gasteiger partial charge is 0.329 e. The van der Waals surface area contributed by atoms with Crippen molar-refractivity contribution in [1.29, 1.82) is 0 Å². The van der Waals surface area contributed by atoms with E-state index in [0.717, 1.165) is 23.3 Å². The molecule has 5 nitrogen and oxygen atoms in total. The largest absolute Gasteiger partial charge is 0.348 e. The normalized spacial score (nSPS) is 10.5. The first kappa shape index (κ1) is 16.2. The van der Waals surface area contributed by atoms with E-state index in [2.05, 4.69) is 15.8 Å². The number of hydrogen-bond acceptors (Lipinski definition) is 4. The Morgan fingerprint density at radius 1 is 1.25 bits per heavy atom. The van der Waals surface area contributed by atoms with Gasteiger partial charge in [-0.05, 0) is 30.4 Å². The number of hydrazone groups is 1. The molecule has 1 rings (SSSR count). The number of rotatable bonds is 6. The number of hydrogen-bond donors (Lipinski definition) is 2. The first-order chi connectivity index (χ1) is 9.67. The molecule has 1 aromatic rings. The highest BCUT2D eigenvalue weighted by atomic mass is 32.2. The molecule has 6 heteroatoms. The van der Waals surface area contributed by atoms with Crippen LogP contribution < -0.4 is 10.7 Å². The van der Waals surface area contributed by atoms with Gasteiger partial charge < -0.3 is 5.32 Å². The van der Waals surface area contributed by atoms with E-state index in [1.54, 1.807) is 11.8 Å². The molecule has 108 valence electrons. The summed E-state index contributed by atoms with van der Waals surface area (Å²) in [4.78, 5) is 23.9. The third kappa shape index (κ3) is 5.88. The molecule has 1 aromatic carbocycles. The van der Waals surface area contributed by atoms with E-state index in [9.17, 15) is 9.59 Å². The number of amides is 2. The Morgan fingerprint density at radius 3 is 2.55 bits per heavy atom. The predicted octanol–water partition coefficient (Wildman–Crippen LogP) is 1.77. The lowest BCUT2D eigenvalue weighted by molar-refractivity contribution is -0.139. The van der Waals surface area contributed by atoms with Crippen LogP contribution in [0.25, 0.3) is 0 Å². The standard InChI is InChI=1S/C14H19N3O2S/c1-3-4-9-15-13(18)14(19)17-16-10-11-5-7-12(20-2)8-6-11/h5-8,10H,3-4,9H2,1-2H3,(H,15,18)(H,17,19)/b16-10-. The zero-order chi connectivity index (χ0) is 14.8. The van der Waals surface area contributed by atoms with Gasteiger partial charge in [0.05, 0.1) is 6.21 Å². The fraction of sp³-hybridized carbons (Fsp3) is 0.357. The summed E-state index contributed by atoms with van der Waals surface area (Å²) >= 11 is 1.65. The highest BCUT2D eigenvalue weighted by Gasteiger charge is 2.10. The van der Waals surface area contributed by atoms with Crippen molar-refractivity contribution in [2.24, 2.45) is 5.10 Å². The Balaban J connectivity index is 2.39. The number of benzene rings is 1. The van der Waals surface area contributed by atoms with Crippen LogP contribution in [0.3, 0.4) is 0 Å². The van der Waals surface area contributed by atoms with Crippen LogP contribution in [0, 0.1) is 0 Å². The van der Waals surface area contributed by atoms with Crippen molar-refractivity contribution in [2.75, 3.05) is 12.8 Å². The molecule has 0 spiro atoms. The Bertz CT molecular complexity index is 472. The van der Waals surface area contributed by atoms with Gasteiger partial charge >= 0.3 is 11.8 Å². The van der Waals surface area contributed by atoms with E-state index >= 15 is 0 Å². The summed E-state index contributed by atoms with van der Waals surface area (Å²) in [5.41, 5.74) is 3.06. The third-order valence-corrected chi connectivity index (χ3v) is 3.26. The van der Waals surface area contributed by atoms with Crippen molar-refractivity contribution in [3.05, 3.63) is 29.8 Å². The summed E-state index contributed by atoms with van der Waals surface area (Å²) in [6, 6.07) is 7.71. The van der Waals surface area contributed by atoms with Crippen LogP contribution in [-0.2, 0) is 9.59 Å². The van der Waals surface area contributed by atoms with E-state index in [-0.39, 0.29) is 0 Å². The molecule has 0 saturated heterocycles. The van der Waals surface area contributed by atoms with Crippen LogP contribution in [0.2, 0.25) is 0 Å². The second-order valence-corrected chi connectivity index (χ2v) is 4.96. The molecule has 0 aliphatic heterocycles. The van der Waals surface area contributed by atoms with Gasteiger partial charge in [0.15, 0.2) is 0 Å². The van der Waals surface area contributed by atoms with Crippen molar-refractivity contribution < 1.29 is 9.59 Å². The Kier molecular flexibility index (Phi) is 7.42. The molecule has 0 atom stereocenters. The van der Waals surface area contributed by atoms with E-state index in [1.807, 2.05) is 37.4 Å². The summed E-state index contributed by atoms with van der Waals surface area (Å²) < 4.78 is 0. The van der Waals surface area contributed by atoms with Gasteiger partial charge in [-0.3, -0.25) is 9.59 Å². The third-order valence-electron chi connectivity index (χ3n) is 2.52. The van der Waals surface area contributed by atoms with Gasteiger partial charge in [-0.2, -0.15) is 5.10 Å². The maximum Gasteiger partial charge on any atom is 0.329 e. The summed E-state index contributed by atoms with van der Waals surface area (Å²) in [7, 11) is 0. The average molecular weight is 293 g/mol. The predicted molar refractivity (Wildman–Crippen MR) is 81.9 cm³/mol. The minimum Gasteiger partial charge on any atom is -0.348 e. The molecule has 0 aliphatic rings. The maximum atomic E-state index is 11.4. The number of nitrogens with zero attached hydrogens (tertiary/aromatic N) is 1. The molecule has 0 aromatic heterocycles. The van der Waals surface area contributed by atoms with Gasteiger partial charge in [0, 0.05) is 11.4 Å². The number of carbonyl (C=O) groups excluding carboxylic acids is 2. The molecule has 2 N–H and O–H groups in total. The molecule has 0 heterocycles. The first-order valence-electron chi connectivity index (χ1n) is 6.42. The molecule has 0 unspecified atom stereocenters. The monoisotopic (exact) mass is 293 g/mol. The van der Waals surface area contributed by atoms with E-state index in [1.165, 1.54) is 6.21 Å². The van der Waals surface area contributed by atoms with Gasteiger partial charge in [0.25, 0.3) is 0 Å². The molecule has 0 bridgehead atoms. The molecule has 0 radical (unpaired) electrons. The number of nitrogens with one attached hydrogen (secondary N) is 2. The van der Waals surface area contributed by atoms with Crippen molar-refractivity contribution in [3.63, 3.8) is 0 Å². The van der Waals surface area contributed by atoms with Crippen LogP contribution in [0.4, 0.5) is 0 Å². The minimum atomic E-state index is -0.752. The first-order valence-corrected chi connectivity index (χ1v) is 7.65. The van der Waals surface area contributed by atoms with Gasteiger partial charge in [0.1, 0.15) is 0 Å². The van der Waals surface area contributed by atoms with Gasteiger partial charge in [-0.1, -0.05) is 25.5 Å². The quantitative estimate of drug-likeness (QED) is 0.276. The highest BCUT2D eigenvalue weighted by Crippen LogP contribution is 2.13. The second kappa shape index (κ2) is 9.14. The molecule has 0 fully saturated rings. The second-order valence-electron chi connectivity index (χ2n) is 4.08. The van der Waals surface area contributed by atoms with E-state index in [0.29, 0.717) is 6.54 Å². The maximum absolute atomic E-state index is 11.4. The number of thioether (sulfide) groups is 1. The Morgan fingerprint density at radius 2 is 1.95 bits per heavy atom. The lowest BCUT2D eigenvalue weighted by Crippen LogP contribution is -2.38. The fourth-order valence-corrected chi connectivity index (χ4v) is 1.77. The van der Waals surface area contributed by atoms with Gasteiger partial charge in [0.2, 0.25) is 0 Å². The highest BCUT2D eigenvalue weighted by molar-refractivity contribution is 7.98. The topological polar surface area (TPSA) is 70.6 Å². The number of carbonyl (C=O) groups is 2. The van der Waals surface area contributed by atoms with Crippen molar-refractivity contribution in [1.82, 2.24) is 10.7 Å². The fourth-order valence-electron chi connectivity index (χ4n) is 1.37. The summed E-state index contributed by atoms with van der Waals surface area (Å²) in [6.07, 6.45) is 5.32. The summed E-state index contributed by atoms with van der Waals surface area (Å²) in [5.74, 6) is -1.41. The molecule has 0 aliphatic carbocycles. The summed E-state index contributed by atoms with van der Waals surface area (Å²) in [6.45, 7) is 2.52. The van der Waals surface area contributed by atoms with Crippen LogP contribution in [0.5, 0.6) is 0 Å². The SMILES string of the molecule is CCCCNC(=O)C(=O)N/N=C\c1ccc(SC)cc1. The zero-order valence-corrected chi connectivity index (χ0v) is 12.5. The van der Waals surface area contributed by atoms with Gasteiger partial charge in [-0.25, -0.2) is 5.43 Å². The van der Waals surface area contributed by atoms with Crippen LogP contribution in [0.1, 0.15) is 25.3 Å². The average Bonchev–Trinajstić information content (AvgIpc) is 2.48. The summed E-state index contributed by atoms with van der Waals surface area (Å²) in [5, 5.41) is 6.27. The minimum absolute atomic E-state index is 0.503. The Labute approximate surface area is 123 Å². The molecule has 20 heavy (non-hydrogen) atoms. The van der Waals surface area contributed by atoms with Crippen LogP contribution >= 0.6 is 11.8 Å².